The molecule has 0 aromatic heterocycles. The monoisotopic (exact) mass is 224 g/mol. The van der Waals surface area contributed by atoms with Crippen molar-refractivity contribution in [2.24, 2.45) is 0 Å². The van der Waals surface area contributed by atoms with Crippen molar-refractivity contribution in [1.82, 2.24) is 0 Å². The van der Waals surface area contributed by atoms with Gasteiger partial charge in [-0.3, -0.25) is 0 Å². The van der Waals surface area contributed by atoms with Crippen molar-refractivity contribution in [2.45, 2.75) is 24.0 Å². The summed E-state index contributed by atoms with van der Waals surface area (Å²) in [6, 6.07) is 4.25. The second kappa shape index (κ2) is 3.91. The van der Waals surface area contributed by atoms with E-state index in [9.17, 15) is 8.42 Å². The zero-order valence-electron chi connectivity index (χ0n) is 8.56. The van der Waals surface area contributed by atoms with Gasteiger partial charge in [-0.2, -0.15) is 0 Å². The lowest BCUT2D eigenvalue weighted by Crippen LogP contribution is -2.14. The average Bonchev–Trinajstić information content (AvgIpc) is 2.16. The standard InChI is InChI=1S/C10H12N2O2S/c1-7(2)15(13,14)10-5-4-8(11)6-9(10)12-3/h4-7H,11H2,1-2H3. The number of nitrogens with zero attached hydrogens (tertiary/aromatic N) is 1. The minimum absolute atomic E-state index is 0.0571. The summed E-state index contributed by atoms with van der Waals surface area (Å²) in [7, 11) is -3.41. The lowest BCUT2D eigenvalue weighted by atomic mass is 10.3. The summed E-state index contributed by atoms with van der Waals surface area (Å²) >= 11 is 0. The van der Waals surface area contributed by atoms with Crippen LogP contribution in [0.3, 0.4) is 0 Å². The quantitative estimate of drug-likeness (QED) is 0.617. The third-order valence-electron chi connectivity index (χ3n) is 2.03. The first-order valence-corrected chi connectivity index (χ1v) is 5.95. The van der Waals surface area contributed by atoms with Crippen LogP contribution in [0, 0.1) is 6.57 Å². The average molecular weight is 224 g/mol. The predicted octanol–water partition coefficient (Wildman–Crippen LogP) is 2.00. The van der Waals surface area contributed by atoms with Crippen LogP contribution in [0.25, 0.3) is 4.85 Å². The Morgan fingerprint density at radius 3 is 2.47 bits per heavy atom. The van der Waals surface area contributed by atoms with Crippen molar-refractivity contribution in [1.29, 1.82) is 0 Å². The highest BCUT2D eigenvalue weighted by Crippen LogP contribution is 2.29. The summed E-state index contributed by atoms with van der Waals surface area (Å²) in [6.07, 6.45) is 0. The minimum atomic E-state index is -3.41. The molecule has 0 aliphatic rings. The molecule has 0 unspecified atom stereocenters. The lowest BCUT2D eigenvalue weighted by Gasteiger charge is -2.09. The molecule has 0 bridgehead atoms. The van der Waals surface area contributed by atoms with E-state index in [1.807, 2.05) is 0 Å². The van der Waals surface area contributed by atoms with Crippen molar-refractivity contribution in [2.75, 3.05) is 5.73 Å². The molecule has 0 saturated heterocycles. The van der Waals surface area contributed by atoms with Crippen LogP contribution >= 0.6 is 0 Å². The highest BCUT2D eigenvalue weighted by Gasteiger charge is 2.22. The van der Waals surface area contributed by atoms with Gasteiger partial charge in [0.1, 0.15) is 0 Å². The van der Waals surface area contributed by atoms with Gasteiger partial charge >= 0.3 is 0 Å². The minimum Gasteiger partial charge on any atom is -0.400 e. The van der Waals surface area contributed by atoms with Crippen LogP contribution in [0.4, 0.5) is 11.4 Å². The van der Waals surface area contributed by atoms with Crippen LogP contribution in [0.1, 0.15) is 13.8 Å². The highest BCUT2D eigenvalue weighted by atomic mass is 32.2. The molecule has 15 heavy (non-hydrogen) atoms. The van der Waals surface area contributed by atoms with Crippen molar-refractivity contribution in [3.63, 3.8) is 0 Å². The Hall–Kier alpha value is -1.54. The Morgan fingerprint density at radius 2 is 2.00 bits per heavy atom. The zero-order chi connectivity index (χ0) is 11.6. The number of nitrogens with two attached hydrogens (primary N) is 1. The van der Waals surface area contributed by atoms with E-state index in [1.54, 1.807) is 13.8 Å². The van der Waals surface area contributed by atoms with E-state index in [4.69, 9.17) is 12.3 Å². The summed E-state index contributed by atoms with van der Waals surface area (Å²) < 4.78 is 23.7. The van der Waals surface area contributed by atoms with Crippen LogP contribution in [0.15, 0.2) is 23.1 Å². The van der Waals surface area contributed by atoms with Gasteiger partial charge in [0.2, 0.25) is 5.69 Å². The van der Waals surface area contributed by atoms with Gasteiger partial charge in [0.15, 0.2) is 9.84 Å². The number of hydrogen-bond acceptors (Lipinski definition) is 3. The molecule has 0 spiro atoms. The van der Waals surface area contributed by atoms with Crippen molar-refractivity contribution < 1.29 is 8.42 Å². The first kappa shape index (κ1) is 11.5. The van der Waals surface area contributed by atoms with Crippen LogP contribution in [-0.4, -0.2) is 13.7 Å². The maximum atomic E-state index is 11.8. The van der Waals surface area contributed by atoms with Gasteiger partial charge in [-0.05, 0) is 26.0 Å². The normalized spacial score (nSPS) is 11.3. The first-order chi connectivity index (χ1) is 6.89. The van der Waals surface area contributed by atoms with Gasteiger partial charge in [0.25, 0.3) is 0 Å². The molecule has 0 aliphatic carbocycles. The fourth-order valence-electron chi connectivity index (χ4n) is 1.12. The number of nitrogen functional groups attached to an aromatic ring is 1. The number of hydrogen-bond donors (Lipinski definition) is 1. The largest absolute Gasteiger partial charge is 0.400 e. The summed E-state index contributed by atoms with van der Waals surface area (Å²) in [5.74, 6) is 0. The van der Waals surface area contributed by atoms with Gasteiger partial charge in [-0.15, -0.1) is 0 Å². The van der Waals surface area contributed by atoms with Crippen LogP contribution in [0.5, 0.6) is 0 Å². The lowest BCUT2D eigenvalue weighted by molar-refractivity contribution is 0.588. The van der Waals surface area contributed by atoms with Crippen LogP contribution in [0.2, 0.25) is 0 Å². The Morgan fingerprint density at radius 1 is 1.40 bits per heavy atom. The smallest absolute Gasteiger partial charge is 0.207 e. The molecule has 4 nitrogen and oxygen atoms in total. The number of anilines is 1. The third kappa shape index (κ3) is 2.10. The molecule has 0 heterocycles. The van der Waals surface area contributed by atoms with E-state index in [1.165, 1.54) is 18.2 Å². The van der Waals surface area contributed by atoms with Gasteiger partial charge in [-0.25, -0.2) is 13.3 Å². The topological polar surface area (TPSA) is 64.5 Å². The summed E-state index contributed by atoms with van der Waals surface area (Å²) in [4.78, 5) is 3.23. The molecule has 0 fully saturated rings. The van der Waals surface area contributed by atoms with Crippen LogP contribution in [-0.2, 0) is 9.84 Å². The maximum Gasteiger partial charge on any atom is 0.207 e. The molecule has 1 aromatic rings. The molecule has 0 saturated carbocycles. The van der Waals surface area contributed by atoms with Gasteiger partial charge in [0, 0.05) is 5.69 Å². The summed E-state index contributed by atoms with van der Waals surface area (Å²) in [5, 5.41) is -0.540. The Bertz CT molecular complexity index is 513. The zero-order valence-corrected chi connectivity index (χ0v) is 9.38. The Labute approximate surface area is 89.5 Å². The van der Waals surface area contributed by atoms with Crippen LogP contribution < -0.4 is 5.73 Å². The van der Waals surface area contributed by atoms with Crippen molar-refractivity contribution in [3.8, 4) is 0 Å². The maximum absolute atomic E-state index is 11.8. The Kier molecular flexibility index (Phi) is 3.01. The van der Waals surface area contributed by atoms with Gasteiger partial charge in [0.05, 0.1) is 16.7 Å². The molecule has 1 rings (SSSR count). The fraction of sp³-hybridized carbons (Fsp3) is 0.300. The number of benzene rings is 1. The van der Waals surface area contributed by atoms with Gasteiger partial charge in [-0.1, -0.05) is 6.07 Å². The van der Waals surface area contributed by atoms with E-state index < -0.39 is 15.1 Å². The van der Waals surface area contributed by atoms with E-state index >= 15 is 0 Å². The summed E-state index contributed by atoms with van der Waals surface area (Å²) in [6.45, 7) is 10.1. The van der Waals surface area contributed by atoms with E-state index in [-0.39, 0.29) is 10.6 Å². The molecule has 0 radical (unpaired) electrons. The van der Waals surface area contributed by atoms with Crippen molar-refractivity contribution in [3.05, 3.63) is 29.6 Å². The Balaban J connectivity index is 3.47. The molecular formula is C10H12N2O2S. The molecule has 0 aliphatic heterocycles. The second-order valence-electron chi connectivity index (χ2n) is 3.43. The molecule has 80 valence electrons. The molecular weight excluding hydrogens is 212 g/mol. The van der Waals surface area contributed by atoms with E-state index in [0.717, 1.165) is 0 Å². The third-order valence-corrected chi connectivity index (χ3v) is 4.23. The van der Waals surface area contributed by atoms with E-state index in [2.05, 4.69) is 4.85 Å². The highest BCUT2D eigenvalue weighted by molar-refractivity contribution is 7.92. The SMILES string of the molecule is [C-]#[N+]c1cc(N)ccc1S(=O)(=O)C(C)C. The first-order valence-electron chi connectivity index (χ1n) is 4.40. The van der Waals surface area contributed by atoms with Crippen molar-refractivity contribution >= 4 is 21.2 Å². The molecule has 0 amide bonds. The van der Waals surface area contributed by atoms with Gasteiger partial charge < -0.3 is 5.73 Å². The number of rotatable bonds is 2. The fourth-order valence-corrected chi connectivity index (χ4v) is 2.28. The molecule has 1 aromatic carbocycles. The molecule has 0 atom stereocenters. The number of sulfone groups is 1. The molecule has 5 heteroatoms. The predicted molar refractivity (Wildman–Crippen MR) is 59.4 cm³/mol. The second-order valence-corrected chi connectivity index (χ2v) is 5.91. The summed E-state index contributed by atoms with van der Waals surface area (Å²) in [5.41, 5.74) is 5.96. The molecule has 2 N–H and O–H groups in total. The van der Waals surface area contributed by atoms with E-state index in [0.29, 0.717) is 5.69 Å².